The number of hydrogen-bond acceptors (Lipinski definition) is 0. The van der Waals surface area contributed by atoms with E-state index in [0.29, 0.717) is 0 Å². The first-order valence-corrected chi connectivity index (χ1v) is 18.7. The average molecular weight is 695 g/mol. The van der Waals surface area contributed by atoms with Crippen LogP contribution in [0.2, 0.25) is 5.02 Å². The number of aryl methyl sites for hydroxylation is 1. The minimum atomic E-state index is -0.494. The molecule has 1 aliphatic rings. The van der Waals surface area contributed by atoms with Crippen LogP contribution in [0.4, 0.5) is 0 Å². The molecule has 0 unspecified atom stereocenters. The first kappa shape index (κ1) is 31.5. The van der Waals surface area contributed by atoms with Crippen LogP contribution in [0.3, 0.4) is 0 Å². The van der Waals surface area contributed by atoms with E-state index in [1.807, 2.05) is 0 Å². The van der Waals surface area contributed by atoms with Crippen molar-refractivity contribution in [3.05, 3.63) is 227 Å². The Morgan fingerprint density at radius 1 is 0.358 bits per heavy atom. The number of halogens is 1. The molecule has 0 bridgehead atoms. The van der Waals surface area contributed by atoms with Gasteiger partial charge in [0.25, 0.3) is 0 Å². The Labute approximate surface area is 315 Å². The summed E-state index contributed by atoms with van der Waals surface area (Å²) in [6.45, 7) is 2.12. The van der Waals surface area contributed by atoms with Gasteiger partial charge in [0.15, 0.2) is 0 Å². The molecule has 250 valence electrons. The van der Waals surface area contributed by atoms with Gasteiger partial charge in [0.2, 0.25) is 0 Å². The van der Waals surface area contributed by atoms with Crippen LogP contribution in [0.5, 0.6) is 0 Å². The number of hydrogen-bond donors (Lipinski definition) is 0. The summed E-state index contributed by atoms with van der Waals surface area (Å²) in [5.41, 5.74) is 15.1. The monoisotopic (exact) mass is 694 g/mol. The van der Waals surface area contributed by atoms with Gasteiger partial charge >= 0.3 is 0 Å². The third-order valence-corrected chi connectivity index (χ3v) is 11.6. The van der Waals surface area contributed by atoms with Gasteiger partial charge in [-0.2, -0.15) is 0 Å². The van der Waals surface area contributed by atoms with Gasteiger partial charge in [-0.15, -0.1) is 0 Å². The predicted octanol–water partition coefficient (Wildman–Crippen LogP) is 14.3. The molecule has 1 heteroatoms. The molecule has 0 spiro atoms. The van der Waals surface area contributed by atoms with E-state index in [1.165, 1.54) is 66.1 Å². The third-order valence-electron chi connectivity index (χ3n) is 11.3. The van der Waals surface area contributed by atoms with E-state index in [0.717, 1.165) is 32.8 Å². The van der Waals surface area contributed by atoms with Crippen molar-refractivity contribution in [1.82, 2.24) is 0 Å². The van der Waals surface area contributed by atoms with E-state index in [4.69, 9.17) is 11.6 Å². The fourth-order valence-corrected chi connectivity index (χ4v) is 9.15. The highest BCUT2D eigenvalue weighted by Crippen LogP contribution is 2.57. The maximum absolute atomic E-state index is 7.34. The summed E-state index contributed by atoms with van der Waals surface area (Å²) in [4.78, 5) is 0. The van der Waals surface area contributed by atoms with Crippen LogP contribution in [0.15, 0.2) is 194 Å². The van der Waals surface area contributed by atoms with E-state index >= 15 is 0 Å². The van der Waals surface area contributed by atoms with Crippen LogP contribution in [0.1, 0.15) is 27.8 Å². The first-order valence-electron chi connectivity index (χ1n) is 18.3. The molecule has 0 atom stereocenters. The number of rotatable bonds is 5. The van der Waals surface area contributed by atoms with Crippen molar-refractivity contribution in [1.29, 1.82) is 0 Å². The van der Waals surface area contributed by atoms with E-state index < -0.39 is 5.41 Å². The Morgan fingerprint density at radius 2 is 0.943 bits per heavy atom. The lowest BCUT2D eigenvalue weighted by Crippen LogP contribution is -2.28. The summed E-state index contributed by atoms with van der Waals surface area (Å²) in [6.07, 6.45) is 0. The van der Waals surface area contributed by atoms with E-state index in [-0.39, 0.29) is 0 Å². The molecule has 0 radical (unpaired) electrons. The average Bonchev–Trinajstić information content (AvgIpc) is 3.52. The lowest BCUT2D eigenvalue weighted by Gasteiger charge is -2.34. The highest BCUT2D eigenvalue weighted by atomic mass is 35.5. The molecule has 0 amide bonds. The minimum absolute atomic E-state index is 0.494. The minimum Gasteiger partial charge on any atom is -0.0836 e. The Hall–Kier alpha value is -6.21. The molecular weight excluding hydrogens is 660 g/mol. The Bertz CT molecular complexity index is 2790. The Morgan fingerprint density at radius 3 is 1.68 bits per heavy atom. The zero-order valence-corrected chi connectivity index (χ0v) is 30.1. The lowest BCUT2D eigenvalue weighted by molar-refractivity contribution is 0.769. The van der Waals surface area contributed by atoms with Crippen LogP contribution < -0.4 is 0 Å². The Balaban J connectivity index is 1.30. The van der Waals surface area contributed by atoms with Crippen LogP contribution in [-0.4, -0.2) is 0 Å². The van der Waals surface area contributed by atoms with Gasteiger partial charge in [-0.1, -0.05) is 187 Å². The lowest BCUT2D eigenvalue weighted by atomic mass is 9.67. The zero-order chi connectivity index (χ0) is 35.5. The summed E-state index contributed by atoms with van der Waals surface area (Å²) in [5.74, 6) is 0. The summed E-state index contributed by atoms with van der Waals surface area (Å²) in [5, 5.41) is 5.65. The summed E-state index contributed by atoms with van der Waals surface area (Å²) in [7, 11) is 0. The quantitative estimate of drug-likeness (QED) is 0.157. The second-order valence-electron chi connectivity index (χ2n) is 14.2. The molecule has 1 aliphatic carbocycles. The molecule has 0 aliphatic heterocycles. The number of fused-ring (bicyclic) bond motifs is 6. The zero-order valence-electron chi connectivity index (χ0n) is 29.4. The van der Waals surface area contributed by atoms with Crippen molar-refractivity contribution in [2.75, 3.05) is 0 Å². The standard InChI is InChI=1S/C52H35Cl/c1-34-24-26-35(27-25-34)46-32-45(48(33-51(46)53)47-30-36-14-8-9-19-40(36)41-20-10-11-21-42(41)47)37-28-29-44-43-22-12-13-23-49(43)52(50(44)31-37,38-15-4-2-5-16-38)39-17-6-3-7-18-39/h2-33H,1H3. The molecule has 0 N–H and O–H groups in total. The van der Waals surface area contributed by atoms with Crippen LogP contribution in [0.25, 0.3) is 66.1 Å². The molecule has 0 saturated heterocycles. The SMILES string of the molecule is Cc1ccc(-c2cc(-c3ccc4c(c3)C(c3ccccc3)(c3ccccc3)c3ccccc3-4)c(-c3cc4ccccc4c4ccccc34)cc2Cl)cc1. The molecular formula is C52H35Cl. The van der Waals surface area contributed by atoms with E-state index in [1.54, 1.807) is 0 Å². The van der Waals surface area contributed by atoms with Crippen molar-refractivity contribution >= 4 is 33.1 Å². The highest BCUT2D eigenvalue weighted by molar-refractivity contribution is 6.34. The van der Waals surface area contributed by atoms with Crippen molar-refractivity contribution in [2.45, 2.75) is 12.3 Å². The van der Waals surface area contributed by atoms with Gasteiger partial charge in [0.1, 0.15) is 0 Å². The second kappa shape index (κ2) is 12.5. The molecule has 0 nitrogen and oxygen atoms in total. The summed E-state index contributed by atoms with van der Waals surface area (Å²) >= 11 is 7.34. The van der Waals surface area contributed by atoms with Crippen molar-refractivity contribution in [3.63, 3.8) is 0 Å². The maximum Gasteiger partial charge on any atom is 0.0713 e. The van der Waals surface area contributed by atoms with Gasteiger partial charge in [0.05, 0.1) is 5.41 Å². The molecule has 10 rings (SSSR count). The van der Waals surface area contributed by atoms with Crippen molar-refractivity contribution in [3.8, 4) is 44.5 Å². The largest absolute Gasteiger partial charge is 0.0836 e. The highest BCUT2D eigenvalue weighted by Gasteiger charge is 2.46. The van der Waals surface area contributed by atoms with Gasteiger partial charge in [-0.3, -0.25) is 0 Å². The van der Waals surface area contributed by atoms with Gasteiger partial charge < -0.3 is 0 Å². The smallest absolute Gasteiger partial charge is 0.0713 e. The van der Waals surface area contributed by atoms with Gasteiger partial charge in [-0.25, -0.2) is 0 Å². The first-order chi connectivity index (χ1) is 26.1. The molecule has 53 heavy (non-hydrogen) atoms. The van der Waals surface area contributed by atoms with E-state index in [2.05, 4.69) is 201 Å². The second-order valence-corrected chi connectivity index (χ2v) is 14.6. The van der Waals surface area contributed by atoms with Crippen LogP contribution in [0, 0.1) is 6.92 Å². The fourth-order valence-electron chi connectivity index (χ4n) is 8.88. The van der Waals surface area contributed by atoms with Crippen molar-refractivity contribution in [2.24, 2.45) is 0 Å². The topological polar surface area (TPSA) is 0 Å². The van der Waals surface area contributed by atoms with Gasteiger partial charge in [-0.05, 0) is 114 Å². The number of benzene rings is 9. The Kier molecular flexibility index (Phi) is 7.42. The third kappa shape index (κ3) is 4.91. The van der Waals surface area contributed by atoms with Crippen molar-refractivity contribution < 1.29 is 0 Å². The van der Waals surface area contributed by atoms with Crippen LogP contribution in [-0.2, 0) is 5.41 Å². The molecule has 9 aromatic carbocycles. The van der Waals surface area contributed by atoms with Crippen LogP contribution >= 0.6 is 11.6 Å². The normalized spacial score (nSPS) is 12.9. The predicted molar refractivity (Wildman–Crippen MR) is 225 cm³/mol. The molecule has 0 aromatic heterocycles. The molecule has 0 saturated carbocycles. The fraction of sp³-hybridized carbons (Fsp3) is 0.0385. The van der Waals surface area contributed by atoms with E-state index in [9.17, 15) is 0 Å². The molecule has 9 aromatic rings. The molecule has 0 fully saturated rings. The summed E-state index contributed by atoms with van der Waals surface area (Å²) in [6, 6.07) is 71.1. The summed E-state index contributed by atoms with van der Waals surface area (Å²) < 4.78 is 0. The molecule has 0 heterocycles. The van der Waals surface area contributed by atoms with Gasteiger partial charge in [0, 0.05) is 10.6 Å². The maximum atomic E-state index is 7.34.